The number of hydrogen-bond donors (Lipinski definition) is 1. The van der Waals surface area contributed by atoms with Crippen molar-refractivity contribution in [3.8, 4) is 0 Å². The zero-order valence-electron chi connectivity index (χ0n) is 11.7. The molecule has 1 aliphatic heterocycles. The molecular weight excluding hydrogens is 238 g/mol. The van der Waals surface area contributed by atoms with E-state index in [1.807, 2.05) is 24.3 Å². The Morgan fingerprint density at radius 3 is 2.79 bits per heavy atom. The fourth-order valence-electron chi connectivity index (χ4n) is 2.80. The lowest BCUT2D eigenvalue weighted by molar-refractivity contribution is 0.0599. The monoisotopic (exact) mass is 261 g/mol. The summed E-state index contributed by atoms with van der Waals surface area (Å²) in [5.41, 5.74) is 1.83. The smallest absolute Gasteiger partial charge is 0.338 e. The molecule has 19 heavy (non-hydrogen) atoms. The van der Waals surface area contributed by atoms with Gasteiger partial charge in [0.2, 0.25) is 0 Å². The molecule has 0 aromatic heterocycles. The van der Waals surface area contributed by atoms with Crippen molar-refractivity contribution >= 4 is 5.97 Å². The fourth-order valence-corrected chi connectivity index (χ4v) is 2.80. The molecule has 0 unspecified atom stereocenters. The number of carbonyl (C=O) groups is 1. The largest absolute Gasteiger partial charge is 0.465 e. The van der Waals surface area contributed by atoms with E-state index >= 15 is 0 Å². The zero-order valence-corrected chi connectivity index (χ0v) is 11.7. The van der Waals surface area contributed by atoms with Crippen molar-refractivity contribution in [3.63, 3.8) is 0 Å². The lowest BCUT2D eigenvalue weighted by Crippen LogP contribution is -2.27. The lowest BCUT2D eigenvalue weighted by atomic mass is 9.91. The van der Waals surface area contributed by atoms with Gasteiger partial charge in [-0.05, 0) is 56.3 Å². The molecule has 1 aromatic rings. The van der Waals surface area contributed by atoms with E-state index in [4.69, 9.17) is 4.74 Å². The van der Waals surface area contributed by atoms with Gasteiger partial charge < -0.3 is 10.1 Å². The molecule has 0 spiro atoms. The van der Waals surface area contributed by atoms with Crippen LogP contribution in [0.3, 0.4) is 0 Å². The van der Waals surface area contributed by atoms with Gasteiger partial charge in [-0.3, -0.25) is 0 Å². The van der Waals surface area contributed by atoms with Crippen LogP contribution in [-0.2, 0) is 11.2 Å². The third kappa shape index (κ3) is 4.06. The minimum Gasteiger partial charge on any atom is -0.465 e. The second kappa shape index (κ2) is 7.29. The average Bonchev–Trinajstić information content (AvgIpc) is 2.48. The summed E-state index contributed by atoms with van der Waals surface area (Å²) in [5, 5.41) is 3.39. The van der Waals surface area contributed by atoms with E-state index in [2.05, 4.69) is 5.32 Å². The van der Waals surface area contributed by atoms with Crippen molar-refractivity contribution in [2.24, 2.45) is 5.92 Å². The van der Waals surface area contributed by atoms with Crippen molar-refractivity contribution in [3.05, 3.63) is 35.4 Å². The van der Waals surface area contributed by atoms with E-state index in [0.29, 0.717) is 0 Å². The summed E-state index contributed by atoms with van der Waals surface area (Å²) in [4.78, 5) is 11.7. The van der Waals surface area contributed by atoms with Gasteiger partial charge >= 0.3 is 5.97 Å². The zero-order chi connectivity index (χ0) is 13.5. The Morgan fingerprint density at radius 1 is 1.32 bits per heavy atom. The van der Waals surface area contributed by atoms with Gasteiger partial charge in [-0.25, -0.2) is 4.79 Å². The van der Waals surface area contributed by atoms with E-state index in [9.17, 15) is 4.79 Å². The number of rotatable bonds is 5. The van der Waals surface area contributed by atoms with Gasteiger partial charge in [-0.15, -0.1) is 0 Å². The number of piperidine rings is 1. The maximum atomic E-state index is 11.7. The second-order valence-corrected chi connectivity index (χ2v) is 5.23. The molecule has 1 aromatic carbocycles. The van der Waals surface area contributed by atoms with Gasteiger partial charge in [0.05, 0.1) is 12.7 Å². The van der Waals surface area contributed by atoms with Crippen LogP contribution in [0.1, 0.15) is 41.6 Å². The van der Waals surface area contributed by atoms with Crippen LogP contribution in [-0.4, -0.2) is 26.2 Å². The molecule has 0 atom stereocenters. The molecule has 1 fully saturated rings. The molecule has 1 N–H and O–H groups in total. The van der Waals surface area contributed by atoms with Gasteiger partial charge in [-0.2, -0.15) is 0 Å². The van der Waals surface area contributed by atoms with Crippen LogP contribution in [0.15, 0.2) is 24.3 Å². The van der Waals surface area contributed by atoms with Crippen LogP contribution < -0.4 is 5.32 Å². The summed E-state index contributed by atoms with van der Waals surface area (Å²) < 4.78 is 4.83. The first-order chi connectivity index (χ1) is 9.31. The molecule has 3 heteroatoms. The highest BCUT2D eigenvalue weighted by atomic mass is 16.5. The lowest BCUT2D eigenvalue weighted by Gasteiger charge is -2.22. The Morgan fingerprint density at radius 2 is 2.05 bits per heavy atom. The standard InChI is InChI=1S/C16H23NO2/c1-19-16(18)15-8-3-2-6-14(15)7-4-5-13-9-11-17-12-10-13/h2-3,6,8,13,17H,4-5,7,9-12H2,1H3. The number of benzene rings is 1. The highest BCUT2D eigenvalue weighted by Gasteiger charge is 2.14. The molecular formula is C16H23NO2. The number of methoxy groups -OCH3 is 1. The van der Waals surface area contributed by atoms with Gasteiger partial charge in [0.25, 0.3) is 0 Å². The molecule has 1 saturated heterocycles. The van der Waals surface area contributed by atoms with E-state index < -0.39 is 0 Å². The summed E-state index contributed by atoms with van der Waals surface area (Å²) >= 11 is 0. The summed E-state index contributed by atoms with van der Waals surface area (Å²) in [6.07, 6.45) is 5.96. The fraction of sp³-hybridized carbons (Fsp3) is 0.562. The number of hydrogen-bond acceptors (Lipinski definition) is 3. The Kier molecular flexibility index (Phi) is 5.40. The molecule has 104 valence electrons. The van der Waals surface area contributed by atoms with Gasteiger partial charge in [0, 0.05) is 0 Å². The average molecular weight is 261 g/mol. The number of esters is 1. The van der Waals surface area contributed by atoms with Crippen molar-refractivity contribution in [1.29, 1.82) is 0 Å². The number of ether oxygens (including phenoxy) is 1. The molecule has 1 heterocycles. The summed E-state index contributed by atoms with van der Waals surface area (Å²) in [7, 11) is 1.44. The predicted molar refractivity (Wildman–Crippen MR) is 76.3 cm³/mol. The van der Waals surface area contributed by atoms with Gasteiger partial charge in [0.1, 0.15) is 0 Å². The van der Waals surface area contributed by atoms with E-state index in [-0.39, 0.29) is 5.97 Å². The quantitative estimate of drug-likeness (QED) is 0.828. The van der Waals surface area contributed by atoms with Crippen LogP contribution in [0.5, 0.6) is 0 Å². The molecule has 0 bridgehead atoms. The van der Waals surface area contributed by atoms with E-state index in [1.165, 1.54) is 26.4 Å². The summed E-state index contributed by atoms with van der Waals surface area (Å²) in [6, 6.07) is 7.77. The van der Waals surface area contributed by atoms with Crippen LogP contribution >= 0.6 is 0 Å². The Bertz CT molecular complexity index is 411. The summed E-state index contributed by atoms with van der Waals surface area (Å²) in [5.74, 6) is 0.629. The first-order valence-electron chi connectivity index (χ1n) is 7.18. The van der Waals surface area contributed by atoms with Crippen LogP contribution in [0, 0.1) is 5.92 Å². The van der Waals surface area contributed by atoms with Crippen molar-refractivity contribution < 1.29 is 9.53 Å². The SMILES string of the molecule is COC(=O)c1ccccc1CCCC1CCNCC1. The second-order valence-electron chi connectivity index (χ2n) is 5.23. The van der Waals surface area contributed by atoms with Crippen LogP contribution in [0.2, 0.25) is 0 Å². The Hall–Kier alpha value is -1.35. The number of aryl methyl sites for hydroxylation is 1. The minimum absolute atomic E-state index is 0.225. The predicted octanol–water partition coefficient (Wildman–Crippen LogP) is 2.80. The minimum atomic E-state index is -0.225. The van der Waals surface area contributed by atoms with Crippen LogP contribution in [0.4, 0.5) is 0 Å². The van der Waals surface area contributed by atoms with Crippen molar-refractivity contribution in [1.82, 2.24) is 5.32 Å². The maximum absolute atomic E-state index is 11.7. The highest BCUT2D eigenvalue weighted by molar-refractivity contribution is 5.90. The first-order valence-corrected chi connectivity index (χ1v) is 7.18. The summed E-state index contributed by atoms with van der Waals surface area (Å²) in [6.45, 7) is 2.31. The molecule has 0 radical (unpaired) electrons. The third-order valence-electron chi connectivity index (χ3n) is 3.94. The Balaban J connectivity index is 1.86. The third-order valence-corrected chi connectivity index (χ3v) is 3.94. The van der Waals surface area contributed by atoms with E-state index in [0.717, 1.165) is 43.0 Å². The van der Waals surface area contributed by atoms with Crippen molar-refractivity contribution in [2.45, 2.75) is 32.1 Å². The molecule has 2 rings (SSSR count). The number of carbonyl (C=O) groups excluding carboxylic acids is 1. The molecule has 3 nitrogen and oxygen atoms in total. The molecule has 0 amide bonds. The number of nitrogens with one attached hydrogen (secondary N) is 1. The molecule has 0 saturated carbocycles. The van der Waals surface area contributed by atoms with Crippen molar-refractivity contribution in [2.75, 3.05) is 20.2 Å². The molecule has 1 aliphatic rings. The highest BCUT2D eigenvalue weighted by Crippen LogP contribution is 2.20. The van der Waals surface area contributed by atoms with Gasteiger partial charge in [0.15, 0.2) is 0 Å². The van der Waals surface area contributed by atoms with Gasteiger partial charge in [-0.1, -0.05) is 24.6 Å². The topological polar surface area (TPSA) is 38.3 Å². The normalized spacial score (nSPS) is 16.3. The molecule has 0 aliphatic carbocycles. The first kappa shape index (κ1) is 14.1. The maximum Gasteiger partial charge on any atom is 0.338 e. The Labute approximate surface area is 115 Å². The van der Waals surface area contributed by atoms with E-state index in [1.54, 1.807) is 0 Å². The van der Waals surface area contributed by atoms with Crippen LogP contribution in [0.25, 0.3) is 0 Å².